The molecule has 0 aliphatic carbocycles. The molecule has 0 unspecified atom stereocenters. The Morgan fingerprint density at radius 3 is 2.61 bits per heavy atom. The summed E-state index contributed by atoms with van der Waals surface area (Å²) in [4.78, 5) is 12.6. The van der Waals surface area contributed by atoms with Crippen molar-refractivity contribution in [1.82, 2.24) is 14.2 Å². The van der Waals surface area contributed by atoms with Gasteiger partial charge in [-0.15, -0.1) is 0 Å². The molecule has 1 aromatic carbocycles. The van der Waals surface area contributed by atoms with Gasteiger partial charge in [0, 0.05) is 38.4 Å². The summed E-state index contributed by atoms with van der Waals surface area (Å²) in [5.74, 6) is -0.665. The largest absolute Gasteiger partial charge is 0.489 e. The van der Waals surface area contributed by atoms with Crippen LogP contribution in [0.2, 0.25) is 0 Å². The summed E-state index contributed by atoms with van der Waals surface area (Å²) >= 11 is 0. The summed E-state index contributed by atoms with van der Waals surface area (Å²) in [7, 11) is -1.75. The first-order valence-electron chi connectivity index (χ1n) is 9.15. The zero-order valence-electron chi connectivity index (χ0n) is 15.7. The van der Waals surface area contributed by atoms with E-state index in [4.69, 9.17) is 4.74 Å². The van der Waals surface area contributed by atoms with E-state index in [1.807, 2.05) is 0 Å². The first kappa shape index (κ1) is 20.3. The van der Waals surface area contributed by atoms with Crippen LogP contribution in [0.25, 0.3) is 0 Å². The Labute approximate surface area is 164 Å². The molecular weight excluding hydrogens is 385 g/mol. The molecule has 1 fully saturated rings. The summed E-state index contributed by atoms with van der Waals surface area (Å²) in [6, 6.07) is 7.66. The fourth-order valence-electron chi connectivity index (χ4n) is 3.18. The van der Waals surface area contributed by atoms with Crippen molar-refractivity contribution in [3.05, 3.63) is 48.5 Å². The second-order valence-corrected chi connectivity index (χ2v) is 8.70. The number of hydrogen-bond acceptors (Lipinski definition) is 4. The predicted octanol–water partition coefficient (Wildman–Crippen LogP) is 1.76. The van der Waals surface area contributed by atoms with Crippen LogP contribution in [0, 0.1) is 11.7 Å². The average molecular weight is 409 g/mol. The van der Waals surface area contributed by atoms with E-state index in [1.54, 1.807) is 42.2 Å². The topological polar surface area (TPSA) is 80.6 Å². The Kier molecular flexibility index (Phi) is 6.35. The molecule has 1 amide bonds. The quantitative estimate of drug-likeness (QED) is 0.707. The van der Waals surface area contributed by atoms with E-state index in [1.165, 1.54) is 16.4 Å². The molecule has 152 valence electrons. The summed E-state index contributed by atoms with van der Waals surface area (Å²) in [6.45, 7) is 1.03. The van der Waals surface area contributed by atoms with Gasteiger partial charge >= 0.3 is 0 Å². The van der Waals surface area contributed by atoms with Gasteiger partial charge in [0.05, 0.1) is 11.4 Å². The van der Waals surface area contributed by atoms with Gasteiger partial charge in [-0.05, 0) is 31.0 Å². The van der Waals surface area contributed by atoms with Gasteiger partial charge in [-0.3, -0.25) is 4.79 Å². The maximum Gasteiger partial charge on any atom is 0.244 e. The van der Waals surface area contributed by atoms with Crippen LogP contribution in [-0.4, -0.2) is 49.4 Å². The van der Waals surface area contributed by atoms with Crippen LogP contribution < -0.4 is 10.1 Å². The summed E-state index contributed by atoms with van der Waals surface area (Å²) in [5, 5.41) is 2.77. The van der Waals surface area contributed by atoms with Gasteiger partial charge in [0.1, 0.15) is 6.61 Å². The van der Waals surface area contributed by atoms with E-state index in [9.17, 15) is 17.6 Å². The highest BCUT2D eigenvalue weighted by Gasteiger charge is 2.32. The van der Waals surface area contributed by atoms with Gasteiger partial charge in [0.15, 0.2) is 11.6 Å². The maximum atomic E-state index is 13.5. The Bertz CT molecular complexity index is 921. The number of nitrogens with one attached hydrogen (secondary N) is 1. The highest BCUT2D eigenvalue weighted by Crippen LogP contribution is 2.24. The fraction of sp³-hybridized carbons (Fsp3) is 0.421. The lowest BCUT2D eigenvalue weighted by Gasteiger charge is -2.30. The van der Waals surface area contributed by atoms with Crippen molar-refractivity contribution in [3.8, 4) is 5.75 Å². The second kappa shape index (κ2) is 8.74. The van der Waals surface area contributed by atoms with Gasteiger partial charge in [-0.2, -0.15) is 4.31 Å². The van der Waals surface area contributed by atoms with E-state index in [0.29, 0.717) is 25.9 Å². The molecule has 1 aliphatic heterocycles. The number of ether oxygens (including phenoxy) is 1. The smallest absolute Gasteiger partial charge is 0.244 e. The van der Waals surface area contributed by atoms with Crippen molar-refractivity contribution in [1.29, 1.82) is 0 Å². The molecule has 0 spiro atoms. The van der Waals surface area contributed by atoms with Crippen LogP contribution in [0.3, 0.4) is 0 Å². The van der Waals surface area contributed by atoms with Crippen molar-refractivity contribution < 1.29 is 22.3 Å². The number of para-hydroxylation sites is 1. The average Bonchev–Trinajstić information content (AvgIpc) is 3.14. The minimum absolute atomic E-state index is 0.131. The number of carbonyl (C=O) groups is 1. The molecule has 0 bridgehead atoms. The summed E-state index contributed by atoms with van der Waals surface area (Å²) in [6.07, 6.45) is 4.19. The fourth-order valence-corrected chi connectivity index (χ4v) is 4.70. The number of sulfonamides is 1. The molecule has 1 aliphatic rings. The van der Waals surface area contributed by atoms with E-state index < -0.39 is 15.8 Å². The number of aromatic nitrogens is 1. The molecule has 2 aromatic rings. The van der Waals surface area contributed by atoms with Gasteiger partial charge in [-0.25, -0.2) is 12.8 Å². The molecular formula is C19H24FN3O4S. The molecule has 1 N–H and O–H groups in total. The number of nitrogens with zero attached hydrogens (tertiary/aromatic N) is 2. The number of carbonyl (C=O) groups excluding carboxylic acids is 1. The molecule has 2 heterocycles. The maximum absolute atomic E-state index is 13.5. The van der Waals surface area contributed by atoms with Crippen molar-refractivity contribution in [2.45, 2.75) is 17.7 Å². The second-order valence-electron chi connectivity index (χ2n) is 6.76. The van der Waals surface area contributed by atoms with E-state index in [0.717, 1.165) is 0 Å². The zero-order chi connectivity index (χ0) is 20.1. The minimum atomic E-state index is -3.52. The van der Waals surface area contributed by atoms with Crippen LogP contribution in [0.5, 0.6) is 5.75 Å². The Hall–Kier alpha value is -2.39. The van der Waals surface area contributed by atoms with Gasteiger partial charge in [0.2, 0.25) is 15.9 Å². The lowest BCUT2D eigenvalue weighted by Crippen LogP contribution is -2.43. The molecule has 28 heavy (non-hydrogen) atoms. The molecule has 3 rings (SSSR count). The summed E-state index contributed by atoms with van der Waals surface area (Å²) < 4.78 is 47.1. The predicted molar refractivity (Wildman–Crippen MR) is 102 cm³/mol. The molecule has 1 aromatic heterocycles. The van der Waals surface area contributed by atoms with Gasteiger partial charge in [0.25, 0.3) is 0 Å². The Balaban J connectivity index is 1.43. The highest BCUT2D eigenvalue weighted by atomic mass is 32.2. The first-order valence-corrected chi connectivity index (χ1v) is 10.6. The van der Waals surface area contributed by atoms with Crippen molar-refractivity contribution in [2.24, 2.45) is 13.0 Å². The molecule has 0 atom stereocenters. The highest BCUT2D eigenvalue weighted by molar-refractivity contribution is 7.89. The third kappa shape index (κ3) is 4.71. The lowest BCUT2D eigenvalue weighted by atomic mass is 9.97. The van der Waals surface area contributed by atoms with Crippen LogP contribution >= 0.6 is 0 Å². The number of hydrogen-bond donors (Lipinski definition) is 1. The van der Waals surface area contributed by atoms with E-state index in [-0.39, 0.29) is 35.6 Å². The third-order valence-corrected chi connectivity index (χ3v) is 6.65. The summed E-state index contributed by atoms with van der Waals surface area (Å²) in [5.41, 5.74) is 0. The Morgan fingerprint density at radius 2 is 1.96 bits per heavy atom. The Morgan fingerprint density at radius 1 is 1.25 bits per heavy atom. The van der Waals surface area contributed by atoms with Crippen molar-refractivity contribution in [2.75, 3.05) is 26.2 Å². The standard InChI is InChI=1S/C19H24FN3O4S/c1-22-10-8-16(14-22)28(25,26)23-11-6-15(7-12-23)19(24)21-9-13-27-18-5-3-2-4-17(18)20/h2-5,8,10,14-15H,6-7,9,11-13H2,1H3,(H,21,24). The van der Waals surface area contributed by atoms with E-state index in [2.05, 4.69) is 5.32 Å². The molecule has 0 radical (unpaired) electrons. The monoisotopic (exact) mass is 409 g/mol. The molecule has 0 saturated carbocycles. The number of benzene rings is 1. The van der Waals surface area contributed by atoms with Crippen molar-refractivity contribution in [3.63, 3.8) is 0 Å². The van der Waals surface area contributed by atoms with Gasteiger partial charge in [-0.1, -0.05) is 12.1 Å². The first-order chi connectivity index (χ1) is 13.4. The number of amides is 1. The van der Waals surface area contributed by atoms with Crippen LogP contribution in [-0.2, 0) is 21.9 Å². The van der Waals surface area contributed by atoms with E-state index >= 15 is 0 Å². The number of rotatable bonds is 7. The van der Waals surface area contributed by atoms with Crippen LogP contribution in [0.1, 0.15) is 12.8 Å². The zero-order valence-corrected chi connectivity index (χ0v) is 16.5. The van der Waals surface area contributed by atoms with Crippen LogP contribution in [0.15, 0.2) is 47.6 Å². The van der Waals surface area contributed by atoms with Crippen LogP contribution in [0.4, 0.5) is 4.39 Å². The normalized spacial score (nSPS) is 16.1. The number of aryl methyl sites for hydroxylation is 1. The SMILES string of the molecule is Cn1ccc(S(=O)(=O)N2CCC(C(=O)NCCOc3ccccc3F)CC2)c1. The number of halogens is 1. The molecule has 7 nitrogen and oxygen atoms in total. The third-order valence-electron chi connectivity index (χ3n) is 4.76. The number of piperidine rings is 1. The lowest BCUT2D eigenvalue weighted by molar-refractivity contribution is -0.126. The van der Waals surface area contributed by atoms with Crippen molar-refractivity contribution >= 4 is 15.9 Å². The van der Waals surface area contributed by atoms with Gasteiger partial charge < -0.3 is 14.6 Å². The minimum Gasteiger partial charge on any atom is -0.489 e. The molecule has 9 heteroatoms. The molecule has 1 saturated heterocycles.